The van der Waals surface area contributed by atoms with Gasteiger partial charge >= 0.3 is 0 Å². The van der Waals surface area contributed by atoms with Gasteiger partial charge in [0.1, 0.15) is 6.04 Å². The van der Waals surface area contributed by atoms with Crippen LogP contribution in [0.1, 0.15) is 37.6 Å². The highest BCUT2D eigenvalue weighted by molar-refractivity contribution is 7.89. The Morgan fingerprint density at radius 1 is 1.08 bits per heavy atom. The van der Waals surface area contributed by atoms with E-state index in [2.05, 4.69) is 10.6 Å². The van der Waals surface area contributed by atoms with Crippen LogP contribution in [-0.4, -0.2) is 50.7 Å². The number of rotatable bonds is 7. The quantitative estimate of drug-likeness (QED) is 0.762. The number of sulfonamides is 1. The first-order chi connectivity index (χ1) is 11.1. The third kappa shape index (κ3) is 5.04. The van der Waals surface area contributed by atoms with Crippen LogP contribution in [0.3, 0.4) is 0 Å². The van der Waals surface area contributed by atoms with E-state index in [9.17, 15) is 18.0 Å². The minimum absolute atomic E-state index is 0.0346. The van der Waals surface area contributed by atoms with Crippen molar-refractivity contribution in [2.24, 2.45) is 0 Å². The van der Waals surface area contributed by atoms with Crippen LogP contribution in [0.4, 0.5) is 0 Å². The van der Waals surface area contributed by atoms with Crippen LogP contribution >= 0.6 is 0 Å². The fourth-order valence-electron chi connectivity index (χ4n) is 1.80. The molecule has 0 aliphatic carbocycles. The molecular weight excluding hydrogens is 330 g/mol. The van der Waals surface area contributed by atoms with Gasteiger partial charge in [-0.05, 0) is 44.5 Å². The van der Waals surface area contributed by atoms with E-state index in [1.165, 1.54) is 38.4 Å². The average Bonchev–Trinajstić information content (AvgIpc) is 2.54. The fourth-order valence-corrected chi connectivity index (χ4v) is 2.71. The van der Waals surface area contributed by atoms with Gasteiger partial charge in [0.05, 0.1) is 4.90 Å². The zero-order valence-electron chi connectivity index (χ0n) is 14.7. The molecule has 0 aliphatic heterocycles. The Hall–Kier alpha value is -1.93. The molecule has 0 bridgehead atoms. The summed E-state index contributed by atoms with van der Waals surface area (Å²) in [7, 11) is -0.659. The summed E-state index contributed by atoms with van der Waals surface area (Å²) in [5, 5.41) is 5.38. The molecule has 134 valence electrons. The van der Waals surface area contributed by atoms with E-state index in [1.54, 1.807) is 6.92 Å². The fraction of sp³-hybridized carbons (Fsp3) is 0.500. The number of nitrogens with zero attached hydrogens (tertiary/aromatic N) is 1. The molecule has 0 spiro atoms. The number of nitrogens with one attached hydrogen (secondary N) is 2. The highest BCUT2D eigenvalue weighted by Crippen LogP contribution is 2.14. The summed E-state index contributed by atoms with van der Waals surface area (Å²) in [6.45, 7) is 5.44. The van der Waals surface area contributed by atoms with Crippen molar-refractivity contribution >= 4 is 21.8 Å². The third-order valence-electron chi connectivity index (χ3n) is 3.64. The van der Waals surface area contributed by atoms with Crippen molar-refractivity contribution < 1.29 is 18.0 Å². The van der Waals surface area contributed by atoms with Crippen molar-refractivity contribution in [2.75, 3.05) is 14.1 Å². The Labute approximate surface area is 143 Å². The lowest BCUT2D eigenvalue weighted by molar-refractivity contribution is -0.123. The van der Waals surface area contributed by atoms with Crippen molar-refractivity contribution in [2.45, 2.75) is 44.2 Å². The number of amides is 2. The van der Waals surface area contributed by atoms with Gasteiger partial charge < -0.3 is 10.6 Å². The van der Waals surface area contributed by atoms with Crippen LogP contribution in [0, 0.1) is 0 Å². The minimum Gasteiger partial charge on any atom is -0.352 e. The molecule has 0 saturated heterocycles. The summed E-state index contributed by atoms with van der Waals surface area (Å²) >= 11 is 0. The zero-order chi connectivity index (χ0) is 18.5. The number of carbonyl (C=O) groups excluding carboxylic acids is 2. The van der Waals surface area contributed by atoms with Crippen LogP contribution in [0.2, 0.25) is 0 Å². The number of hydrogen-bond donors (Lipinski definition) is 2. The lowest BCUT2D eigenvalue weighted by Crippen LogP contribution is -2.47. The molecule has 2 amide bonds. The van der Waals surface area contributed by atoms with E-state index in [4.69, 9.17) is 0 Å². The largest absolute Gasteiger partial charge is 0.352 e. The first kappa shape index (κ1) is 20.1. The van der Waals surface area contributed by atoms with Gasteiger partial charge in [-0.1, -0.05) is 6.92 Å². The second-order valence-electron chi connectivity index (χ2n) is 5.82. The Morgan fingerprint density at radius 3 is 2.08 bits per heavy atom. The minimum atomic E-state index is -3.53. The lowest BCUT2D eigenvalue weighted by atomic mass is 10.2. The standard InChI is InChI=1S/C16H25N3O4S/c1-6-11(2)17-15(20)12(3)18-16(21)13-7-9-14(10-8-13)24(22,23)19(4)5/h7-12H,6H2,1-5H3,(H,17,20)(H,18,21). The molecule has 0 radical (unpaired) electrons. The summed E-state index contributed by atoms with van der Waals surface area (Å²) in [6.07, 6.45) is 0.800. The summed E-state index contributed by atoms with van der Waals surface area (Å²) in [4.78, 5) is 24.2. The molecule has 2 atom stereocenters. The highest BCUT2D eigenvalue weighted by Gasteiger charge is 2.20. The summed E-state index contributed by atoms with van der Waals surface area (Å²) in [5.41, 5.74) is 0.288. The first-order valence-corrected chi connectivity index (χ1v) is 9.17. The molecule has 0 aliphatic rings. The molecule has 0 aromatic heterocycles. The van der Waals surface area contributed by atoms with E-state index in [0.717, 1.165) is 10.7 Å². The van der Waals surface area contributed by atoms with Crippen molar-refractivity contribution in [3.05, 3.63) is 29.8 Å². The van der Waals surface area contributed by atoms with E-state index in [0.29, 0.717) is 0 Å². The maximum Gasteiger partial charge on any atom is 0.251 e. The molecule has 8 heteroatoms. The van der Waals surface area contributed by atoms with E-state index >= 15 is 0 Å². The van der Waals surface area contributed by atoms with Gasteiger partial charge in [0.15, 0.2) is 0 Å². The SMILES string of the molecule is CCC(C)NC(=O)C(C)NC(=O)c1ccc(S(=O)(=O)N(C)C)cc1. The van der Waals surface area contributed by atoms with Crippen molar-refractivity contribution in [3.8, 4) is 0 Å². The van der Waals surface area contributed by atoms with E-state index in [1.807, 2.05) is 13.8 Å². The van der Waals surface area contributed by atoms with Gasteiger partial charge in [-0.3, -0.25) is 9.59 Å². The number of hydrogen-bond acceptors (Lipinski definition) is 4. The monoisotopic (exact) mass is 355 g/mol. The Morgan fingerprint density at radius 2 is 1.62 bits per heavy atom. The van der Waals surface area contributed by atoms with Crippen LogP contribution in [-0.2, 0) is 14.8 Å². The van der Waals surface area contributed by atoms with Gasteiger partial charge in [0.25, 0.3) is 5.91 Å². The van der Waals surface area contributed by atoms with E-state index < -0.39 is 22.0 Å². The molecule has 2 N–H and O–H groups in total. The zero-order valence-corrected chi connectivity index (χ0v) is 15.5. The smallest absolute Gasteiger partial charge is 0.251 e. The topological polar surface area (TPSA) is 95.6 Å². The van der Waals surface area contributed by atoms with Gasteiger partial charge in [0, 0.05) is 25.7 Å². The van der Waals surface area contributed by atoms with Gasteiger partial charge in [-0.25, -0.2) is 12.7 Å². The first-order valence-electron chi connectivity index (χ1n) is 7.73. The number of benzene rings is 1. The van der Waals surface area contributed by atoms with Crippen LogP contribution < -0.4 is 10.6 Å². The molecule has 2 unspecified atom stereocenters. The Kier molecular flexibility index (Phi) is 6.92. The molecule has 0 saturated carbocycles. The van der Waals surface area contributed by atoms with Crippen molar-refractivity contribution in [1.29, 1.82) is 0 Å². The maximum atomic E-state index is 12.2. The lowest BCUT2D eigenvalue weighted by Gasteiger charge is -2.17. The highest BCUT2D eigenvalue weighted by atomic mass is 32.2. The molecule has 7 nitrogen and oxygen atoms in total. The Bertz CT molecular complexity index is 684. The predicted molar refractivity (Wildman–Crippen MR) is 92.1 cm³/mol. The van der Waals surface area contributed by atoms with Crippen molar-refractivity contribution in [1.82, 2.24) is 14.9 Å². The molecule has 0 fully saturated rings. The molecule has 24 heavy (non-hydrogen) atoms. The van der Waals surface area contributed by atoms with Crippen LogP contribution in [0.5, 0.6) is 0 Å². The van der Waals surface area contributed by atoms with Gasteiger partial charge in [-0.2, -0.15) is 0 Å². The normalized spacial score (nSPS) is 14.1. The van der Waals surface area contributed by atoms with Gasteiger partial charge in [-0.15, -0.1) is 0 Å². The van der Waals surface area contributed by atoms with E-state index in [-0.39, 0.29) is 22.4 Å². The summed E-state index contributed by atoms with van der Waals surface area (Å²) in [6, 6.07) is 4.93. The summed E-state index contributed by atoms with van der Waals surface area (Å²) in [5.74, 6) is -0.694. The third-order valence-corrected chi connectivity index (χ3v) is 5.47. The summed E-state index contributed by atoms with van der Waals surface area (Å²) < 4.78 is 25.1. The maximum absolute atomic E-state index is 12.2. The Balaban J connectivity index is 2.77. The second-order valence-corrected chi connectivity index (χ2v) is 7.98. The molecule has 0 heterocycles. The predicted octanol–water partition coefficient (Wildman–Crippen LogP) is 0.970. The van der Waals surface area contributed by atoms with Crippen molar-refractivity contribution in [3.63, 3.8) is 0 Å². The average molecular weight is 355 g/mol. The van der Waals surface area contributed by atoms with Crippen LogP contribution in [0.25, 0.3) is 0 Å². The molecular formula is C16H25N3O4S. The van der Waals surface area contributed by atoms with Gasteiger partial charge in [0.2, 0.25) is 15.9 Å². The molecule has 1 aromatic carbocycles. The number of carbonyl (C=O) groups is 2. The van der Waals surface area contributed by atoms with Crippen LogP contribution in [0.15, 0.2) is 29.2 Å². The second kappa shape index (κ2) is 8.25. The molecule has 1 aromatic rings. The molecule has 1 rings (SSSR count).